The third-order valence-electron chi connectivity index (χ3n) is 3.68. The largest absolute Gasteiger partial charge is 0.481 e. The number of nitrogens with zero attached hydrogens (tertiary/aromatic N) is 2. The summed E-state index contributed by atoms with van der Waals surface area (Å²) in [6, 6.07) is 7.04. The fourth-order valence-corrected chi connectivity index (χ4v) is 2.54. The number of carboxylic acids is 1. The Bertz CT molecular complexity index is 681. The number of rotatable bonds is 4. The van der Waals surface area contributed by atoms with Gasteiger partial charge in [-0.05, 0) is 12.1 Å². The molecular weight excluding hydrogens is 300 g/mol. The van der Waals surface area contributed by atoms with Gasteiger partial charge in [0.1, 0.15) is 0 Å². The topological polar surface area (TPSA) is 92.9 Å². The highest BCUT2D eigenvalue weighted by Crippen LogP contribution is 2.20. The van der Waals surface area contributed by atoms with Crippen molar-refractivity contribution in [1.29, 1.82) is 0 Å². The maximum absolute atomic E-state index is 12.5. The standard InChI is InChI=1S/C16H16N2O5/c19-15(20)7-13-9-18(5-6-22-13)16(21)12-3-1-11(2-4-12)14-8-17-10-23-14/h1-4,8,10,13H,5-7,9H2,(H,19,20). The van der Waals surface area contributed by atoms with E-state index >= 15 is 0 Å². The van der Waals surface area contributed by atoms with Crippen molar-refractivity contribution in [3.05, 3.63) is 42.4 Å². The van der Waals surface area contributed by atoms with Crippen LogP contribution in [0.3, 0.4) is 0 Å². The van der Waals surface area contributed by atoms with E-state index in [4.69, 9.17) is 14.3 Å². The zero-order valence-electron chi connectivity index (χ0n) is 12.3. The zero-order valence-corrected chi connectivity index (χ0v) is 12.3. The van der Waals surface area contributed by atoms with Crippen molar-refractivity contribution in [3.63, 3.8) is 0 Å². The average Bonchev–Trinajstić information content (AvgIpc) is 3.08. The highest BCUT2D eigenvalue weighted by atomic mass is 16.5. The van der Waals surface area contributed by atoms with Crippen LogP contribution in [0.25, 0.3) is 11.3 Å². The van der Waals surface area contributed by atoms with Gasteiger partial charge in [0.25, 0.3) is 5.91 Å². The Morgan fingerprint density at radius 3 is 2.74 bits per heavy atom. The average molecular weight is 316 g/mol. The van der Waals surface area contributed by atoms with Crippen LogP contribution in [0.15, 0.2) is 41.3 Å². The second kappa shape index (κ2) is 6.62. The third-order valence-corrected chi connectivity index (χ3v) is 3.68. The molecule has 1 unspecified atom stereocenters. The molecule has 1 aromatic carbocycles. The Morgan fingerprint density at radius 1 is 1.30 bits per heavy atom. The van der Waals surface area contributed by atoms with Crippen molar-refractivity contribution >= 4 is 11.9 Å². The van der Waals surface area contributed by atoms with Gasteiger partial charge in [-0.2, -0.15) is 0 Å². The molecule has 0 radical (unpaired) electrons. The van der Waals surface area contributed by atoms with E-state index in [1.54, 1.807) is 35.4 Å². The molecule has 7 nitrogen and oxygen atoms in total. The van der Waals surface area contributed by atoms with Crippen LogP contribution in [0, 0.1) is 0 Å². The molecular formula is C16H16N2O5. The van der Waals surface area contributed by atoms with Crippen LogP contribution in [0.1, 0.15) is 16.8 Å². The molecule has 0 bridgehead atoms. The molecule has 7 heteroatoms. The van der Waals surface area contributed by atoms with Crippen LogP contribution in [-0.4, -0.2) is 52.7 Å². The normalized spacial score (nSPS) is 17.9. The van der Waals surface area contributed by atoms with E-state index < -0.39 is 12.1 Å². The minimum Gasteiger partial charge on any atom is -0.481 e. The van der Waals surface area contributed by atoms with Gasteiger partial charge >= 0.3 is 5.97 Å². The minimum absolute atomic E-state index is 0.103. The highest BCUT2D eigenvalue weighted by Gasteiger charge is 2.26. The van der Waals surface area contributed by atoms with Crippen molar-refractivity contribution in [2.45, 2.75) is 12.5 Å². The minimum atomic E-state index is -0.930. The van der Waals surface area contributed by atoms with Crippen LogP contribution in [-0.2, 0) is 9.53 Å². The summed E-state index contributed by atoms with van der Waals surface area (Å²) in [5.41, 5.74) is 1.38. The summed E-state index contributed by atoms with van der Waals surface area (Å²) in [7, 11) is 0. The fourth-order valence-electron chi connectivity index (χ4n) is 2.54. The number of aliphatic carboxylic acids is 1. The molecule has 1 aliphatic rings. The van der Waals surface area contributed by atoms with Crippen LogP contribution in [0.4, 0.5) is 0 Å². The van der Waals surface area contributed by atoms with Gasteiger partial charge in [0, 0.05) is 24.2 Å². The summed E-state index contributed by atoms with van der Waals surface area (Å²) in [6.07, 6.45) is 2.40. The predicted molar refractivity (Wildman–Crippen MR) is 79.8 cm³/mol. The molecule has 0 spiro atoms. The van der Waals surface area contributed by atoms with Gasteiger partial charge in [0.15, 0.2) is 12.2 Å². The molecule has 120 valence electrons. The van der Waals surface area contributed by atoms with Gasteiger partial charge in [0.05, 0.1) is 25.3 Å². The second-order valence-electron chi connectivity index (χ2n) is 5.28. The van der Waals surface area contributed by atoms with Gasteiger partial charge in [-0.25, -0.2) is 4.98 Å². The smallest absolute Gasteiger partial charge is 0.306 e. The number of hydrogen-bond acceptors (Lipinski definition) is 5. The molecule has 1 N–H and O–H groups in total. The molecule has 23 heavy (non-hydrogen) atoms. The molecule has 1 amide bonds. The number of hydrogen-bond donors (Lipinski definition) is 1. The number of aromatic nitrogens is 1. The van der Waals surface area contributed by atoms with Crippen LogP contribution >= 0.6 is 0 Å². The Balaban J connectivity index is 1.69. The van der Waals surface area contributed by atoms with Gasteiger partial charge in [-0.1, -0.05) is 12.1 Å². The number of carbonyl (C=O) groups is 2. The summed E-state index contributed by atoms with van der Waals surface area (Å²) in [6.45, 7) is 1.09. The van der Waals surface area contributed by atoms with Crippen molar-refractivity contribution in [3.8, 4) is 11.3 Å². The van der Waals surface area contributed by atoms with E-state index in [1.165, 1.54) is 6.39 Å². The Labute approximate surface area is 132 Å². The van der Waals surface area contributed by atoms with Gasteiger partial charge in [0.2, 0.25) is 0 Å². The summed E-state index contributed by atoms with van der Waals surface area (Å²) < 4.78 is 10.6. The molecule has 1 aliphatic heterocycles. The molecule has 1 aromatic heterocycles. The third kappa shape index (κ3) is 3.57. The molecule has 2 aromatic rings. The summed E-state index contributed by atoms with van der Waals surface area (Å²) >= 11 is 0. The molecule has 0 aliphatic carbocycles. The quantitative estimate of drug-likeness (QED) is 0.922. The maximum atomic E-state index is 12.5. The number of amides is 1. The summed E-state index contributed by atoms with van der Waals surface area (Å²) in [5, 5.41) is 8.83. The van der Waals surface area contributed by atoms with Crippen molar-refractivity contribution in [2.75, 3.05) is 19.7 Å². The van der Waals surface area contributed by atoms with E-state index in [1.807, 2.05) is 0 Å². The van der Waals surface area contributed by atoms with Crippen LogP contribution in [0.5, 0.6) is 0 Å². The van der Waals surface area contributed by atoms with E-state index in [2.05, 4.69) is 4.98 Å². The lowest BCUT2D eigenvalue weighted by molar-refractivity contribution is -0.141. The highest BCUT2D eigenvalue weighted by molar-refractivity contribution is 5.94. The number of ether oxygens (including phenoxy) is 1. The lowest BCUT2D eigenvalue weighted by Crippen LogP contribution is -2.46. The van der Waals surface area contributed by atoms with E-state index in [0.717, 1.165) is 5.56 Å². The number of carboxylic acid groups (broad SMARTS) is 1. The molecule has 1 fully saturated rings. The Morgan fingerprint density at radius 2 is 2.09 bits per heavy atom. The van der Waals surface area contributed by atoms with E-state index in [-0.39, 0.29) is 18.9 Å². The van der Waals surface area contributed by atoms with Crippen molar-refractivity contribution < 1.29 is 23.8 Å². The lowest BCUT2D eigenvalue weighted by atomic mass is 10.1. The van der Waals surface area contributed by atoms with Crippen LogP contribution in [0.2, 0.25) is 0 Å². The van der Waals surface area contributed by atoms with Crippen molar-refractivity contribution in [1.82, 2.24) is 9.88 Å². The summed E-state index contributed by atoms with van der Waals surface area (Å²) in [5.74, 6) is -0.426. The second-order valence-corrected chi connectivity index (χ2v) is 5.28. The Kier molecular flexibility index (Phi) is 4.38. The van der Waals surface area contributed by atoms with E-state index in [0.29, 0.717) is 24.5 Å². The first-order valence-corrected chi connectivity index (χ1v) is 7.25. The molecule has 0 saturated carbocycles. The molecule has 2 heterocycles. The zero-order chi connectivity index (χ0) is 16.2. The number of carbonyl (C=O) groups excluding carboxylic acids is 1. The number of oxazole rings is 1. The monoisotopic (exact) mass is 316 g/mol. The first-order valence-electron chi connectivity index (χ1n) is 7.25. The number of benzene rings is 1. The van der Waals surface area contributed by atoms with Crippen LogP contribution < -0.4 is 0 Å². The summed E-state index contributed by atoms with van der Waals surface area (Å²) in [4.78, 5) is 28.8. The van der Waals surface area contributed by atoms with Gasteiger partial charge in [-0.15, -0.1) is 0 Å². The SMILES string of the molecule is O=C(O)CC1CN(C(=O)c2ccc(-c3cnco3)cc2)CCO1. The van der Waals surface area contributed by atoms with E-state index in [9.17, 15) is 9.59 Å². The maximum Gasteiger partial charge on any atom is 0.306 e. The Hall–Kier alpha value is -2.67. The first-order chi connectivity index (χ1) is 11.1. The van der Waals surface area contributed by atoms with Gasteiger partial charge < -0.3 is 19.2 Å². The first kappa shape index (κ1) is 15.2. The fraction of sp³-hybridized carbons (Fsp3) is 0.312. The molecule has 3 rings (SSSR count). The molecule has 1 atom stereocenters. The number of morpholine rings is 1. The predicted octanol–water partition coefficient (Wildman–Crippen LogP) is 1.66. The lowest BCUT2D eigenvalue weighted by Gasteiger charge is -2.32. The van der Waals surface area contributed by atoms with Crippen molar-refractivity contribution in [2.24, 2.45) is 0 Å². The van der Waals surface area contributed by atoms with Gasteiger partial charge in [-0.3, -0.25) is 9.59 Å². The molecule has 1 saturated heterocycles.